The first kappa shape index (κ1) is 10.3. The van der Waals surface area contributed by atoms with E-state index in [9.17, 15) is 0 Å². The van der Waals surface area contributed by atoms with E-state index in [1.54, 1.807) is 0 Å². The fourth-order valence-corrected chi connectivity index (χ4v) is 3.00. The van der Waals surface area contributed by atoms with Crippen molar-refractivity contribution in [1.29, 1.82) is 0 Å². The molecule has 1 saturated carbocycles. The van der Waals surface area contributed by atoms with E-state index in [-0.39, 0.29) is 0 Å². The highest BCUT2D eigenvalue weighted by molar-refractivity contribution is 8.14. The summed E-state index contributed by atoms with van der Waals surface area (Å²) >= 11 is 1.89. The molecule has 3 heteroatoms. The number of rotatable bonds is 3. The van der Waals surface area contributed by atoms with Crippen LogP contribution in [0.1, 0.15) is 39.5 Å². The molecule has 2 rings (SSSR count). The van der Waals surface area contributed by atoms with Gasteiger partial charge >= 0.3 is 0 Å². The molecule has 1 aliphatic heterocycles. The minimum absolute atomic E-state index is 0.606. The lowest BCUT2D eigenvalue weighted by molar-refractivity contribution is 0.132. The Morgan fingerprint density at radius 1 is 1.57 bits per heavy atom. The number of nitrogens with zero attached hydrogens (tertiary/aromatic N) is 1. The standard InChI is InChI=1S/C11H20N2S/c1-3-11(5-4-6-11)8-13-10-12-7-9(2)14-10/h9H,3-8H2,1-2H3,(H,12,13). The van der Waals surface area contributed by atoms with Crippen molar-refractivity contribution in [2.24, 2.45) is 10.4 Å². The van der Waals surface area contributed by atoms with Gasteiger partial charge < -0.3 is 5.32 Å². The summed E-state index contributed by atoms with van der Waals surface area (Å²) in [6.07, 6.45) is 5.55. The molecule has 2 nitrogen and oxygen atoms in total. The molecule has 1 fully saturated rings. The lowest BCUT2D eigenvalue weighted by Gasteiger charge is -2.41. The SMILES string of the molecule is CCC1(CNC2=NCC(C)S2)CCC1. The Morgan fingerprint density at radius 3 is 2.79 bits per heavy atom. The third kappa shape index (κ3) is 2.08. The highest BCUT2D eigenvalue weighted by Gasteiger charge is 2.35. The lowest BCUT2D eigenvalue weighted by Crippen LogP contribution is -2.40. The Balaban J connectivity index is 1.76. The average Bonchev–Trinajstić information content (AvgIpc) is 2.50. The maximum atomic E-state index is 4.48. The summed E-state index contributed by atoms with van der Waals surface area (Å²) in [5.74, 6) is 0. The molecule has 14 heavy (non-hydrogen) atoms. The molecule has 0 bridgehead atoms. The van der Waals surface area contributed by atoms with Crippen molar-refractivity contribution in [2.75, 3.05) is 13.1 Å². The second kappa shape index (κ2) is 4.13. The minimum atomic E-state index is 0.606. The van der Waals surface area contributed by atoms with Crippen LogP contribution >= 0.6 is 11.8 Å². The molecule has 2 aliphatic rings. The van der Waals surface area contributed by atoms with E-state index in [2.05, 4.69) is 24.2 Å². The minimum Gasteiger partial charge on any atom is -0.364 e. The second-order valence-corrected chi connectivity index (χ2v) is 6.06. The highest BCUT2D eigenvalue weighted by atomic mass is 32.2. The summed E-state index contributed by atoms with van der Waals surface area (Å²) in [6, 6.07) is 0. The number of aliphatic imine (C=N–C) groups is 1. The van der Waals surface area contributed by atoms with Crippen molar-refractivity contribution >= 4 is 16.9 Å². The summed E-state index contributed by atoms with van der Waals surface area (Å²) in [4.78, 5) is 4.48. The van der Waals surface area contributed by atoms with Crippen LogP contribution in [-0.2, 0) is 0 Å². The summed E-state index contributed by atoms with van der Waals surface area (Å²) in [7, 11) is 0. The van der Waals surface area contributed by atoms with Gasteiger partial charge in [0, 0.05) is 11.8 Å². The van der Waals surface area contributed by atoms with Gasteiger partial charge in [-0.1, -0.05) is 32.0 Å². The van der Waals surface area contributed by atoms with E-state index < -0.39 is 0 Å². The zero-order chi connectivity index (χ0) is 10.0. The summed E-state index contributed by atoms with van der Waals surface area (Å²) in [5.41, 5.74) is 0.606. The molecule has 0 aromatic carbocycles. The van der Waals surface area contributed by atoms with Crippen LogP contribution < -0.4 is 5.32 Å². The van der Waals surface area contributed by atoms with Crippen LogP contribution in [0.5, 0.6) is 0 Å². The zero-order valence-electron chi connectivity index (χ0n) is 9.18. The Labute approximate surface area is 90.9 Å². The average molecular weight is 212 g/mol. The van der Waals surface area contributed by atoms with Crippen molar-refractivity contribution in [3.8, 4) is 0 Å². The van der Waals surface area contributed by atoms with Crippen LogP contribution in [0, 0.1) is 5.41 Å². The molecule has 1 heterocycles. The van der Waals surface area contributed by atoms with Gasteiger partial charge in [0.15, 0.2) is 5.17 Å². The third-order valence-corrected chi connectivity index (χ3v) is 4.63. The predicted molar refractivity (Wildman–Crippen MR) is 63.9 cm³/mol. The van der Waals surface area contributed by atoms with Crippen LogP contribution in [0.3, 0.4) is 0 Å². The van der Waals surface area contributed by atoms with E-state index in [4.69, 9.17) is 0 Å². The maximum absolute atomic E-state index is 4.48. The number of hydrogen-bond donors (Lipinski definition) is 1. The maximum Gasteiger partial charge on any atom is 0.156 e. The number of thioether (sulfide) groups is 1. The van der Waals surface area contributed by atoms with E-state index in [1.165, 1.54) is 30.9 Å². The molecule has 1 aliphatic carbocycles. The van der Waals surface area contributed by atoms with Crippen molar-refractivity contribution in [3.05, 3.63) is 0 Å². The van der Waals surface area contributed by atoms with Crippen molar-refractivity contribution in [1.82, 2.24) is 5.32 Å². The quantitative estimate of drug-likeness (QED) is 0.778. The lowest BCUT2D eigenvalue weighted by atomic mass is 9.67. The number of amidine groups is 1. The predicted octanol–water partition coefficient (Wildman–Crippen LogP) is 2.65. The normalized spacial score (nSPS) is 29.6. The Morgan fingerprint density at radius 2 is 2.36 bits per heavy atom. The Hall–Kier alpha value is -0.180. The van der Waals surface area contributed by atoms with E-state index >= 15 is 0 Å². The van der Waals surface area contributed by atoms with E-state index in [0.29, 0.717) is 10.7 Å². The summed E-state index contributed by atoms with van der Waals surface area (Å²) < 4.78 is 0. The number of nitrogens with one attached hydrogen (secondary N) is 1. The first-order valence-electron chi connectivity index (χ1n) is 5.69. The fraction of sp³-hybridized carbons (Fsp3) is 0.909. The van der Waals surface area contributed by atoms with Gasteiger partial charge in [-0.2, -0.15) is 0 Å². The van der Waals surface area contributed by atoms with E-state index in [0.717, 1.165) is 13.1 Å². The Bertz CT molecular complexity index is 228. The van der Waals surface area contributed by atoms with Crippen LogP contribution in [0.4, 0.5) is 0 Å². The van der Waals surface area contributed by atoms with Gasteiger partial charge in [0.1, 0.15) is 0 Å². The molecular weight excluding hydrogens is 192 g/mol. The highest BCUT2D eigenvalue weighted by Crippen LogP contribution is 2.43. The molecule has 0 saturated heterocycles. The first-order valence-corrected chi connectivity index (χ1v) is 6.57. The molecule has 80 valence electrons. The van der Waals surface area contributed by atoms with Crippen LogP contribution in [0.25, 0.3) is 0 Å². The molecule has 0 aromatic heterocycles. The van der Waals surface area contributed by atoms with Gasteiger partial charge in [-0.25, -0.2) is 0 Å². The zero-order valence-corrected chi connectivity index (χ0v) is 9.99. The molecular formula is C11H20N2S. The topological polar surface area (TPSA) is 24.4 Å². The smallest absolute Gasteiger partial charge is 0.156 e. The van der Waals surface area contributed by atoms with E-state index in [1.807, 2.05) is 11.8 Å². The molecule has 0 radical (unpaired) electrons. The molecule has 1 N–H and O–H groups in total. The largest absolute Gasteiger partial charge is 0.364 e. The molecule has 0 aromatic rings. The molecule has 0 spiro atoms. The van der Waals surface area contributed by atoms with Gasteiger partial charge in [-0.15, -0.1) is 0 Å². The van der Waals surface area contributed by atoms with Gasteiger partial charge in [0.25, 0.3) is 0 Å². The summed E-state index contributed by atoms with van der Waals surface area (Å²) in [5, 5.41) is 5.37. The molecule has 1 atom stereocenters. The van der Waals surface area contributed by atoms with Crippen LogP contribution in [-0.4, -0.2) is 23.5 Å². The summed E-state index contributed by atoms with van der Waals surface area (Å²) in [6.45, 7) is 6.68. The monoisotopic (exact) mass is 212 g/mol. The van der Waals surface area contributed by atoms with Crippen molar-refractivity contribution < 1.29 is 0 Å². The second-order valence-electron chi connectivity index (χ2n) is 4.63. The molecule has 1 unspecified atom stereocenters. The van der Waals surface area contributed by atoms with Crippen LogP contribution in [0.2, 0.25) is 0 Å². The first-order chi connectivity index (χ1) is 6.74. The fourth-order valence-electron chi connectivity index (χ4n) is 2.17. The van der Waals surface area contributed by atoms with Gasteiger partial charge in [0.2, 0.25) is 0 Å². The Kier molecular flexibility index (Phi) is 3.05. The van der Waals surface area contributed by atoms with Gasteiger partial charge in [0.05, 0.1) is 6.54 Å². The van der Waals surface area contributed by atoms with Crippen molar-refractivity contribution in [3.63, 3.8) is 0 Å². The third-order valence-electron chi connectivity index (χ3n) is 3.58. The van der Waals surface area contributed by atoms with Crippen LogP contribution in [0.15, 0.2) is 4.99 Å². The number of hydrogen-bond acceptors (Lipinski definition) is 3. The van der Waals surface area contributed by atoms with Gasteiger partial charge in [-0.05, 0) is 24.7 Å². The van der Waals surface area contributed by atoms with Crippen molar-refractivity contribution in [2.45, 2.75) is 44.8 Å². The van der Waals surface area contributed by atoms with Gasteiger partial charge in [-0.3, -0.25) is 4.99 Å². The molecule has 0 amide bonds.